The molecule has 9 heteroatoms. The summed E-state index contributed by atoms with van der Waals surface area (Å²) in [5.74, 6) is -1.05. The van der Waals surface area contributed by atoms with Crippen LogP contribution in [0, 0.1) is 5.41 Å². The summed E-state index contributed by atoms with van der Waals surface area (Å²) in [5.41, 5.74) is -1.81. The van der Waals surface area contributed by atoms with Crippen molar-refractivity contribution in [2.75, 3.05) is 19.6 Å². The molecule has 3 aliphatic heterocycles. The summed E-state index contributed by atoms with van der Waals surface area (Å²) in [6.45, 7) is 9.66. The second-order valence-electron chi connectivity index (χ2n) is 10.8. The summed E-state index contributed by atoms with van der Waals surface area (Å²) < 4.78 is 12.2. The van der Waals surface area contributed by atoms with Crippen molar-refractivity contribution in [2.45, 2.75) is 76.6 Å². The summed E-state index contributed by atoms with van der Waals surface area (Å²) >= 11 is 0. The first-order valence-corrected chi connectivity index (χ1v) is 11.8. The van der Waals surface area contributed by atoms with Crippen LogP contribution in [-0.4, -0.2) is 75.6 Å². The number of aliphatic carboxylic acids is 1. The van der Waals surface area contributed by atoms with Gasteiger partial charge in [0.1, 0.15) is 0 Å². The molecule has 4 rings (SSSR count). The summed E-state index contributed by atoms with van der Waals surface area (Å²) in [7, 11) is -0.343. The lowest BCUT2D eigenvalue weighted by atomic mass is 9.67. The SMILES string of the molecule is CC1(C)OB(CCC[C@@]23CCN(C(=O)O)[C@]2(C(=O)O)CN(Cc2ccccc2)C3)OC1(C)C. The molecule has 1 aromatic rings. The van der Waals surface area contributed by atoms with Crippen molar-refractivity contribution in [2.24, 2.45) is 5.41 Å². The van der Waals surface area contributed by atoms with E-state index in [4.69, 9.17) is 9.31 Å². The highest BCUT2D eigenvalue weighted by Crippen LogP contribution is 2.55. The molecule has 0 spiro atoms. The van der Waals surface area contributed by atoms with Crippen LogP contribution in [0.25, 0.3) is 0 Å². The molecular formula is C24H35BN2O6. The molecular weight excluding hydrogens is 423 g/mol. The summed E-state index contributed by atoms with van der Waals surface area (Å²) in [6.07, 6.45) is 1.35. The Morgan fingerprint density at radius 1 is 1.03 bits per heavy atom. The molecule has 3 aliphatic rings. The van der Waals surface area contributed by atoms with Gasteiger partial charge in [-0.25, -0.2) is 9.59 Å². The Kier molecular flexibility index (Phi) is 6.04. The van der Waals surface area contributed by atoms with Gasteiger partial charge in [0.15, 0.2) is 5.54 Å². The number of rotatable bonds is 7. The molecule has 1 amide bonds. The van der Waals surface area contributed by atoms with E-state index >= 15 is 0 Å². The number of carboxylic acid groups (broad SMARTS) is 2. The third kappa shape index (κ3) is 3.94. The van der Waals surface area contributed by atoms with Crippen molar-refractivity contribution in [3.8, 4) is 0 Å². The van der Waals surface area contributed by atoms with Crippen molar-refractivity contribution >= 4 is 19.2 Å². The Labute approximate surface area is 196 Å². The van der Waals surface area contributed by atoms with Gasteiger partial charge in [0, 0.05) is 31.6 Å². The number of likely N-dealkylation sites (tertiary alicyclic amines) is 2. The lowest BCUT2D eigenvalue weighted by molar-refractivity contribution is -0.152. The smallest absolute Gasteiger partial charge is 0.457 e. The number of hydrogen-bond acceptors (Lipinski definition) is 5. The van der Waals surface area contributed by atoms with E-state index in [0.29, 0.717) is 38.7 Å². The van der Waals surface area contributed by atoms with Gasteiger partial charge in [-0.1, -0.05) is 36.8 Å². The molecule has 1 aromatic carbocycles. The second-order valence-corrected chi connectivity index (χ2v) is 10.8. The zero-order chi connectivity index (χ0) is 24.1. The van der Waals surface area contributed by atoms with Gasteiger partial charge in [-0.05, 0) is 52.4 Å². The topological polar surface area (TPSA) is 99.5 Å². The quantitative estimate of drug-likeness (QED) is 0.603. The first-order chi connectivity index (χ1) is 15.4. The van der Waals surface area contributed by atoms with Crippen LogP contribution in [0.5, 0.6) is 0 Å². The minimum atomic E-state index is -1.44. The van der Waals surface area contributed by atoms with Crippen LogP contribution in [0.15, 0.2) is 30.3 Å². The minimum Gasteiger partial charge on any atom is -0.479 e. The van der Waals surface area contributed by atoms with Gasteiger partial charge in [-0.2, -0.15) is 0 Å². The lowest BCUT2D eigenvalue weighted by Crippen LogP contribution is -2.61. The third-order valence-corrected chi connectivity index (χ3v) is 8.36. The van der Waals surface area contributed by atoms with E-state index in [1.807, 2.05) is 58.0 Å². The van der Waals surface area contributed by atoms with Crippen molar-refractivity contribution in [3.05, 3.63) is 35.9 Å². The molecule has 2 N–H and O–H groups in total. The monoisotopic (exact) mass is 458 g/mol. The van der Waals surface area contributed by atoms with Crippen molar-refractivity contribution in [1.82, 2.24) is 9.80 Å². The number of nitrogens with zero attached hydrogens (tertiary/aromatic N) is 2. The van der Waals surface area contributed by atoms with Gasteiger partial charge >= 0.3 is 19.2 Å². The number of fused-ring (bicyclic) bond motifs is 1. The Hall–Kier alpha value is -2.10. The lowest BCUT2D eigenvalue weighted by Gasteiger charge is -2.39. The van der Waals surface area contributed by atoms with Gasteiger partial charge in [-0.3, -0.25) is 9.80 Å². The van der Waals surface area contributed by atoms with E-state index in [1.165, 1.54) is 4.90 Å². The number of amides is 1. The first kappa shape index (κ1) is 24.0. The van der Waals surface area contributed by atoms with Crippen molar-refractivity contribution in [1.29, 1.82) is 0 Å². The summed E-state index contributed by atoms with van der Waals surface area (Å²) in [4.78, 5) is 28.1. The highest BCUT2D eigenvalue weighted by Gasteiger charge is 2.69. The number of benzene rings is 1. The van der Waals surface area contributed by atoms with Crippen LogP contribution in [0.2, 0.25) is 6.32 Å². The fraction of sp³-hybridized carbons (Fsp3) is 0.667. The van der Waals surface area contributed by atoms with Gasteiger partial charge in [-0.15, -0.1) is 0 Å². The van der Waals surface area contributed by atoms with Gasteiger partial charge < -0.3 is 19.5 Å². The molecule has 0 radical (unpaired) electrons. The molecule has 3 heterocycles. The van der Waals surface area contributed by atoms with E-state index < -0.39 is 34.2 Å². The van der Waals surface area contributed by atoms with E-state index in [9.17, 15) is 19.8 Å². The van der Waals surface area contributed by atoms with Crippen LogP contribution in [-0.2, 0) is 20.6 Å². The molecule has 0 aromatic heterocycles. The average Bonchev–Trinajstić information content (AvgIpc) is 3.26. The van der Waals surface area contributed by atoms with Crippen LogP contribution in [0.3, 0.4) is 0 Å². The maximum absolute atomic E-state index is 12.7. The maximum Gasteiger partial charge on any atom is 0.457 e. The van der Waals surface area contributed by atoms with E-state index in [-0.39, 0.29) is 20.2 Å². The fourth-order valence-corrected chi connectivity index (χ4v) is 6.00. The highest BCUT2D eigenvalue weighted by atomic mass is 16.7. The number of carboxylic acids is 1. The van der Waals surface area contributed by atoms with E-state index in [0.717, 1.165) is 5.56 Å². The third-order valence-electron chi connectivity index (χ3n) is 8.36. The Balaban J connectivity index is 1.54. The molecule has 2 atom stereocenters. The van der Waals surface area contributed by atoms with Crippen molar-refractivity contribution < 1.29 is 29.1 Å². The summed E-state index contributed by atoms with van der Waals surface area (Å²) in [6, 6.07) is 9.90. The molecule has 0 aliphatic carbocycles. The molecule has 3 fully saturated rings. The normalized spacial score (nSPS) is 30.5. The standard InChI is InChI=1S/C24H35BN2O6/c1-21(2)22(3,4)33-25(32-21)13-8-11-23-12-14-27(20(30)31)24(23,19(28)29)17-26(16-23)15-18-9-6-5-7-10-18/h5-7,9-10H,8,11-17H2,1-4H3,(H,28,29)(H,30,31)/t23-,24-/m0/s1. The van der Waals surface area contributed by atoms with Crippen LogP contribution in [0.4, 0.5) is 4.79 Å². The van der Waals surface area contributed by atoms with Crippen molar-refractivity contribution in [3.63, 3.8) is 0 Å². The van der Waals surface area contributed by atoms with Gasteiger partial charge in [0.2, 0.25) is 0 Å². The van der Waals surface area contributed by atoms with Crippen LogP contribution in [0.1, 0.15) is 52.5 Å². The maximum atomic E-state index is 12.7. The van der Waals surface area contributed by atoms with Gasteiger partial charge in [0.25, 0.3) is 0 Å². The summed E-state index contributed by atoms with van der Waals surface area (Å²) in [5, 5.41) is 20.3. The van der Waals surface area contributed by atoms with Gasteiger partial charge in [0.05, 0.1) is 11.2 Å². The predicted octanol–water partition coefficient (Wildman–Crippen LogP) is 3.57. The predicted molar refractivity (Wildman–Crippen MR) is 124 cm³/mol. The van der Waals surface area contributed by atoms with E-state index in [1.54, 1.807) is 0 Å². The minimum absolute atomic E-state index is 0.194. The molecule has 8 nitrogen and oxygen atoms in total. The molecule has 0 bridgehead atoms. The molecule has 180 valence electrons. The average molecular weight is 458 g/mol. The number of hydrogen-bond donors (Lipinski definition) is 2. The second kappa shape index (κ2) is 8.29. The molecule has 3 saturated heterocycles. The molecule has 0 saturated carbocycles. The fourth-order valence-electron chi connectivity index (χ4n) is 6.00. The van der Waals surface area contributed by atoms with E-state index in [2.05, 4.69) is 4.90 Å². The molecule has 33 heavy (non-hydrogen) atoms. The molecule has 0 unspecified atom stereocenters. The zero-order valence-corrected chi connectivity index (χ0v) is 20.0. The largest absolute Gasteiger partial charge is 0.479 e. The highest BCUT2D eigenvalue weighted by molar-refractivity contribution is 6.45. The van der Waals surface area contributed by atoms with Crippen LogP contribution < -0.4 is 0 Å². The Bertz CT molecular complexity index is 893. The van der Waals surface area contributed by atoms with Crippen LogP contribution >= 0.6 is 0 Å². The number of carbonyl (C=O) groups is 2. The first-order valence-electron chi connectivity index (χ1n) is 11.8. The Morgan fingerprint density at radius 3 is 2.24 bits per heavy atom. The zero-order valence-electron chi connectivity index (χ0n) is 20.0. The Morgan fingerprint density at radius 2 is 1.67 bits per heavy atom.